The van der Waals surface area contributed by atoms with Crippen LogP contribution < -0.4 is 14.8 Å². The Hall–Kier alpha value is -1.30. The van der Waals surface area contributed by atoms with Gasteiger partial charge in [0, 0.05) is 19.2 Å². The molecule has 0 radical (unpaired) electrons. The summed E-state index contributed by atoms with van der Waals surface area (Å²) in [7, 11) is 1.62. The smallest absolute Gasteiger partial charge is 0.119 e. The van der Waals surface area contributed by atoms with Crippen molar-refractivity contribution < 1.29 is 19.3 Å². The van der Waals surface area contributed by atoms with Crippen molar-refractivity contribution in [2.75, 3.05) is 26.9 Å². The number of aliphatic hydroxyl groups is 1. The molecule has 112 valence electrons. The molecule has 1 fully saturated rings. The van der Waals surface area contributed by atoms with Gasteiger partial charge in [0.1, 0.15) is 24.2 Å². The SMILES string of the molecule is COc1ccc(OCC(O)CNC2CCOC2C)cc1. The highest BCUT2D eigenvalue weighted by Gasteiger charge is 2.24. The van der Waals surface area contributed by atoms with Crippen molar-refractivity contribution in [3.05, 3.63) is 24.3 Å². The number of methoxy groups -OCH3 is 1. The van der Waals surface area contributed by atoms with Gasteiger partial charge in [0.2, 0.25) is 0 Å². The molecule has 0 aliphatic carbocycles. The molecule has 2 N–H and O–H groups in total. The Kier molecular flexibility index (Phi) is 5.64. The molecule has 3 atom stereocenters. The Bertz CT molecular complexity index is 395. The average Bonchev–Trinajstić information content (AvgIpc) is 2.89. The van der Waals surface area contributed by atoms with Crippen LogP contribution in [0.4, 0.5) is 0 Å². The third-order valence-corrected chi connectivity index (χ3v) is 3.49. The first-order chi connectivity index (χ1) is 9.69. The third-order valence-electron chi connectivity index (χ3n) is 3.49. The molecule has 5 heteroatoms. The predicted octanol–water partition coefficient (Wildman–Crippen LogP) is 1.20. The maximum Gasteiger partial charge on any atom is 0.119 e. The van der Waals surface area contributed by atoms with E-state index in [2.05, 4.69) is 5.32 Å². The van der Waals surface area contributed by atoms with E-state index in [1.54, 1.807) is 7.11 Å². The summed E-state index contributed by atoms with van der Waals surface area (Å²) < 4.78 is 16.1. The van der Waals surface area contributed by atoms with Crippen molar-refractivity contribution >= 4 is 0 Å². The second-order valence-electron chi connectivity index (χ2n) is 5.02. The summed E-state index contributed by atoms with van der Waals surface area (Å²) in [5.41, 5.74) is 0. The number of ether oxygens (including phenoxy) is 3. The van der Waals surface area contributed by atoms with Crippen LogP contribution in [0.5, 0.6) is 11.5 Å². The van der Waals surface area contributed by atoms with Crippen LogP contribution in [0.1, 0.15) is 13.3 Å². The highest BCUT2D eigenvalue weighted by Crippen LogP contribution is 2.17. The van der Waals surface area contributed by atoms with Crippen LogP contribution in [0, 0.1) is 0 Å². The molecule has 0 amide bonds. The molecule has 1 aromatic carbocycles. The van der Waals surface area contributed by atoms with Crippen LogP contribution in [0.3, 0.4) is 0 Å². The third kappa shape index (κ3) is 4.37. The minimum absolute atomic E-state index is 0.213. The van der Waals surface area contributed by atoms with E-state index in [0.29, 0.717) is 12.6 Å². The number of hydrogen-bond acceptors (Lipinski definition) is 5. The summed E-state index contributed by atoms with van der Waals surface area (Å²) in [6.45, 7) is 3.61. The first-order valence-corrected chi connectivity index (χ1v) is 6.99. The molecule has 1 heterocycles. The fourth-order valence-corrected chi connectivity index (χ4v) is 2.21. The number of aliphatic hydroxyl groups excluding tert-OH is 1. The van der Waals surface area contributed by atoms with Gasteiger partial charge in [-0.05, 0) is 37.6 Å². The van der Waals surface area contributed by atoms with E-state index >= 15 is 0 Å². The summed E-state index contributed by atoms with van der Waals surface area (Å²) >= 11 is 0. The summed E-state index contributed by atoms with van der Waals surface area (Å²) in [4.78, 5) is 0. The van der Waals surface area contributed by atoms with Crippen molar-refractivity contribution in [1.29, 1.82) is 0 Å². The maximum atomic E-state index is 9.90. The van der Waals surface area contributed by atoms with Gasteiger partial charge >= 0.3 is 0 Å². The monoisotopic (exact) mass is 281 g/mol. The van der Waals surface area contributed by atoms with E-state index in [4.69, 9.17) is 14.2 Å². The zero-order valence-electron chi connectivity index (χ0n) is 12.0. The molecule has 0 spiro atoms. The summed E-state index contributed by atoms with van der Waals surface area (Å²) in [6, 6.07) is 7.64. The molecule has 2 rings (SSSR count). The fourth-order valence-electron chi connectivity index (χ4n) is 2.21. The molecular weight excluding hydrogens is 258 g/mol. The molecule has 20 heavy (non-hydrogen) atoms. The zero-order valence-corrected chi connectivity index (χ0v) is 12.0. The van der Waals surface area contributed by atoms with Gasteiger partial charge < -0.3 is 24.6 Å². The van der Waals surface area contributed by atoms with Crippen LogP contribution in [0.2, 0.25) is 0 Å². The van der Waals surface area contributed by atoms with Gasteiger partial charge in [-0.25, -0.2) is 0 Å². The quantitative estimate of drug-likeness (QED) is 0.786. The van der Waals surface area contributed by atoms with Crippen LogP contribution >= 0.6 is 0 Å². The normalized spacial score (nSPS) is 23.6. The summed E-state index contributed by atoms with van der Waals surface area (Å²) in [5.74, 6) is 1.51. The Morgan fingerprint density at radius 2 is 2.05 bits per heavy atom. The van der Waals surface area contributed by atoms with Crippen molar-refractivity contribution in [2.45, 2.75) is 31.6 Å². The Labute approximate surface area is 119 Å². The van der Waals surface area contributed by atoms with Crippen LogP contribution in [0.25, 0.3) is 0 Å². The van der Waals surface area contributed by atoms with Crippen LogP contribution in [-0.2, 0) is 4.74 Å². The van der Waals surface area contributed by atoms with Crippen LogP contribution in [0.15, 0.2) is 24.3 Å². The molecular formula is C15H23NO4. The molecule has 0 bridgehead atoms. The Balaban J connectivity index is 1.67. The van der Waals surface area contributed by atoms with E-state index in [1.165, 1.54) is 0 Å². The van der Waals surface area contributed by atoms with E-state index in [1.807, 2.05) is 31.2 Å². The first-order valence-electron chi connectivity index (χ1n) is 6.99. The highest BCUT2D eigenvalue weighted by molar-refractivity contribution is 5.31. The van der Waals surface area contributed by atoms with Crippen molar-refractivity contribution in [1.82, 2.24) is 5.32 Å². The minimum Gasteiger partial charge on any atom is -0.497 e. The summed E-state index contributed by atoms with van der Waals surface area (Å²) in [5, 5.41) is 13.2. The summed E-state index contributed by atoms with van der Waals surface area (Å²) in [6.07, 6.45) is 0.669. The molecule has 1 saturated heterocycles. The number of rotatable bonds is 7. The van der Waals surface area contributed by atoms with E-state index in [0.717, 1.165) is 24.5 Å². The minimum atomic E-state index is -0.537. The molecule has 1 aromatic rings. The van der Waals surface area contributed by atoms with Gasteiger partial charge in [0.15, 0.2) is 0 Å². The number of hydrogen-bond donors (Lipinski definition) is 2. The van der Waals surface area contributed by atoms with Gasteiger partial charge in [-0.15, -0.1) is 0 Å². The molecule has 0 saturated carbocycles. The van der Waals surface area contributed by atoms with E-state index < -0.39 is 6.10 Å². The lowest BCUT2D eigenvalue weighted by Gasteiger charge is -2.19. The Morgan fingerprint density at radius 1 is 1.35 bits per heavy atom. The highest BCUT2D eigenvalue weighted by atomic mass is 16.5. The standard InChI is InChI=1S/C15H23NO4/c1-11-15(7-8-19-11)16-9-12(17)10-20-14-5-3-13(18-2)4-6-14/h3-6,11-12,15-17H,7-10H2,1-2H3. The lowest BCUT2D eigenvalue weighted by atomic mass is 10.1. The van der Waals surface area contributed by atoms with E-state index in [9.17, 15) is 5.11 Å². The molecule has 0 aromatic heterocycles. The molecule has 1 aliphatic heterocycles. The second kappa shape index (κ2) is 7.47. The van der Waals surface area contributed by atoms with Crippen molar-refractivity contribution in [2.24, 2.45) is 0 Å². The molecule has 1 aliphatic rings. The van der Waals surface area contributed by atoms with E-state index in [-0.39, 0.29) is 12.7 Å². The first kappa shape index (κ1) is 15.1. The predicted molar refractivity (Wildman–Crippen MR) is 76.3 cm³/mol. The number of benzene rings is 1. The Morgan fingerprint density at radius 3 is 2.65 bits per heavy atom. The van der Waals surface area contributed by atoms with Gasteiger partial charge in [-0.2, -0.15) is 0 Å². The number of nitrogens with one attached hydrogen (secondary N) is 1. The van der Waals surface area contributed by atoms with Gasteiger partial charge in [-0.1, -0.05) is 0 Å². The van der Waals surface area contributed by atoms with Crippen LogP contribution in [-0.4, -0.2) is 50.2 Å². The second-order valence-corrected chi connectivity index (χ2v) is 5.02. The van der Waals surface area contributed by atoms with Crippen molar-refractivity contribution in [3.63, 3.8) is 0 Å². The molecule has 3 unspecified atom stereocenters. The fraction of sp³-hybridized carbons (Fsp3) is 0.600. The average molecular weight is 281 g/mol. The largest absolute Gasteiger partial charge is 0.497 e. The van der Waals surface area contributed by atoms with Crippen molar-refractivity contribution in [3.8, 4) is 11.5 Å². The zero-order chi connectivity index (χ0) is 14.4. The topological polar surface area (TPSA) is 60.0 Å². The van der Waals surface area contributed by atoms with Gasteiger partial charge in [0.05, 0.1) is 13.2 Å². The van der Waals surface area contributed by atoms with Gasteiger partial charge in [-0.3, -0.25) is 0 Å². The van der Waals surface area contributed by atoms with Gasteiger partial charge in [0.25, 0.3) is 0 Å². The lowest BCUT2D eigenvalue weighted by Crippen LogP contribution is -2.41. The lowest BCUT2D eigenvalue weighted by molar-refractivity contribution is 0.0897. The molecule has 5 nitrogen and oxygen atoms in total. The maximum absolute atomic E-state index is 9.90.